The van der Waals surface area contributed by atoms with Crippen LogP contribution in [-0.4, -0.2) is 31.5 Å². The van der Waals surface area contributed by atoms with Crippen LogP contribution in [0, 0.1) is 0 Å². The first-order valence-electron chi connectivity index (χ1n) is 6.95. The number of hydrogen-bond acceptors (Lipinski definition) is 6. The number of ether oxygens (including phenoxy) is 2. The van der Waals surface area contributed by atoms with Crippen LogP contribution in [0.4, 0.5) is 0 Å². The van der Waals surface area contributed by atoms with Gasteiger partial charge in [-0.3, -0.25) is 14.9 Å². The Labute approximate surface area is 142 Å². The monoisotopic (exact) mass is 345 g/mol. The quantitative estimate of drug-likeness (QED) is 0.641. The number of nitrogens with one attached hydrogen (secondary N) is 1. The highest BCUT2D eigenvalue weighted by Crippen LogP contribution is 2.13. The summed E-state index contributed by atoms with van der Waals surface area (Å²) in [7, 11) is 1.55. The first-order valence-corrected chi connectivity index (χ1v) is 7.83. The van der Waals surface area contributed by atoms with E-state index in [0.29, 0.717) is 10.6 Å². The molecule has 0 fully saturated rings. The number of esters is 1. The molecule has 0 saturated heterocycles. The van der Waals surface area contributed by atoms with Gasteiger partial charge in [-0.1, -0.05) is 18.2 Å². The highest BCUT2D eigenvalue weighted by molar-refractivity contribution is 7.12. The largest absolute Gasteiger partial charge is 0.497 e. The molecule has 1 heterocycles. The highest BCUT2D eigenvalue weighted by atomic mass is 32.1. The lowest BCUT2D eigenvalue weighted by atomic mass is 10.2. The van der Waals surface area contributed by atoms with Crippen molar-refractivity contribution in [3.05, 3.63) is 58.3 Å². The molecule has 6 nitrogen and oxygen atoms in total. The van der Waals surface area contributed by atoms with Gasteiger partial charge >= 0.3 is 5.97 Å². The molecule has 24 heavy (non-hydrogen) atoms. The van der Waals surface area contributed by atoms with E-state index in [2.05, 4.69) is 5.32 Å². The third-order valence-electron chi connectivity index (χ3n) is 2.85. The summed E-state index contributed by atoms with van der Waals surface area (Å²) in [4.78, 5) is 35.2. The van der Waals surface area contributed by atoms with Crippen molar-refractivity contribution in [3.8, 4) is 5.75 Å². The third kappa shape index (κ3) is 5.36. The van der Waals surface area contributed by atoms with Crippen LogP contribution in [0.5, 0.6) is 5.75 Å². The van der Waals surface area contributed by atoms with Crippen LogP contribution in [0.25, 0.3) is 6.08 Å². The van der Waals surface area contributed by atoms with E-state index in [1.54, 1.807) is 55.0 Å². The molecule has 0 saturated carbocycles. The summed E-state index contributed by atoms with van der Waals surface area (Å²) in [6.07, 6.45) is 2.74. The van der Waals surface area contributed by atoms with Crippen molar-refractivity contribution in [2.75, 3.05) is 13.7 Å². The normalized spacial score (nSPS) is 10.4. The topological polar surface area (TPSA) is 81.7 Å². The van der Waals surface area contributed by atoms with Gasteiger partial charge in [0.15, 0.2) is 6.61 Å². The lowest BCUT2D eigenvalue weighted by Gasteiger charge is -2.03. The molecule has 1 aromatic heterocycles. The second-order valence-electron chi connectivity index (χ2n) is 4.57. The molecule has 0 spiro atoms. The maximum absolute atomic E-state index is 11.6. The Morgan fingerprint density at radius 1 is 1.21 bits per heavy atom. The summed E-state index contributed by atoms with van der Waals surface area (Å²) in [5.41, 5.74) is 0.753. The molecule has 2 amide bonds. The van der Waals surface area contributed by atoms with Crippen LogP contribution < -0.4 is 10.1 Å². The van der Waals surface area contributed by atoms with Crippen LogP contribution >= 0.6 is 11.3 Å². The van der Waals surface area contributed by atoms with Gasteiger partial charge in [0.25, 0.3) is 11.8 Å². The molecular weight excluding hydrogens is 330 g/mol. The molecule has 2 aromatic rings. The van der Waals surface area contributed by atoms with E-state index < -0.39 is 24.4 Å². The lowest BCUT2D eigenvalue weighted by molar-refractivity contribution is -0.143. The molecule has 0 aliphatic rings. The summed E-state index contributed by atoms with van der Waals surface area (Å²) in [5, 5.41) is 3.87. The molecule has 7 heteroatoms. The zero-order valence-corrected chi connectivity index (χ0v) is 13.7. The predicted molar refractivity (Wildman–Crippen MR) is 89.8 cm³/mol. The molecule has 0 atom stereocenters. The van der Waals surface area contributed by atoms with Gasteiger partial charge in [-0.05, 0) is 35.2 Å². The van der Waals surface area contributed by atoms with Crippen molar-refractivity contribution in [1.82, 2.24) is 5.32 Å². The summed E-state index contributed by atoms with van der Waals surface area (Å²) >= 11 is 1.21. The lowest BCUT2D eigenvalue weighted by Crippen LogP contribution is -2.33. The van der Waals surface area contributed by atoms with Crippen LogP contribution in [0.1, 0.15) is 15.2 Å². The van der Waals surface area contributed by atoms with Crippen molar-refractivity contribution >= 4 is 35.2 Å². The Morgan fingerprint density at radius 3 is 2.75 bits per heavy atom. The van der Waals surface area contributed by atoms with E-state index in [1.807, 2.05) is 0 Å². The van der Waals surface area contributed by atoms with Crippen molar-refractivity contribution in [1.29, 1.82) is 0 Å². The molecule has 124 valence electrons. The number of hydrogen-bond donors (Lipinski definition) is 1. The Bertz CT molecular complexity index is 752. The Balaban J connectivity index is 1.79. The van der Waals surface area contributed by atoms with Crippen LogP contribution in [0.3, 0.4) is 0 Å². The zero-order valence-electron chi connectivity index (χ0n) is 12.9. The third-order valence-corrected chi connectivity index (χ3v) is 3.72. The van der Waals surface area contributed by atoms with E-state index in [0.717, 1.165) is 5.56 Å². The minimum atomic E-state index is -0.684. The Kier molecular flexibility index (Phi) is 6.27. The van der Waals surface area contributed by atoms with E-state index >= 15 is 0 Å². The maximum Gasteiger partial charge on any atom is 0.331 e. The van der Waals surface area contributed by atoms with Crippen LogP contribution in [-0.2, 0) is 14.3 Å². The summed E-state index contributed by atoms with van der Waals surface area (Å²) < 4.78 is 9.86. The minimum Gasteiger partial charge on any atom is -0.497 e. The maximum atomic E-state index is 11.6. The molecular formula is C17H15NO5S. The van der Waals surface area contributed by atoms with Crippen LogP contribution in [0.15, 0.2) is 47.9 Å². The van der Waals surface area contributed by atoms with Crippen molar-refractivity contribution in [2.45, 2.75) is 0 Å². The number of benzene rings is 1. The van der Waals surface area contributed by atoms with Gasteiger partial charge in [0.05, 0.1) is 12.0 Å². The summed E-state index contributed by atoms with van der Waals surface area (Å²) in [6.45, 7) is -0.529. The van der Waals surface area contributed by atoms with Crippen molar-refractivity contribution < 1.29 is 23.9 Å². The van der Waals surface area contributed by atoms with E-state index in [1.165, 1.54) is 17.4 Å². The molecule has 1 N–H and O–H groups in total. The highest BCUT2D eigenvalue weighted by Gasteiger charge is 2.12. The molecule has 0 unspecified atom stereocenters. The minimum absolute atomic E-state index is 0.410. The first-order chi connectivity index (χ1) is 11.6. The van der Waals surface area contributed by atoms with E-state index in [4.69, 9.17) is 9.47 Å². The first kappa shape index (κ1) is 17.4. The standard InChI is InChI=1S/C17H15NO5S/c1-22-13-5-2-4-12(10-13)7-8-16(20)23-11-15(19)18-17(21)14-6-3-9-24-14/h2-10H,11H2,1H3,(H,18,19,21)/b8-7+. The molecule has 2 rings (SSSR count). The number of methoxy groups -OCH3 is 1. The van der Waals surface area contributed by atoms with Gasteiger partial charge in [-0.25, -0.2) is 4.79 Å². The molecule has 0 bridgehead atoms. The predicted octanol–water partition coefficient (Wildman–Crippen LogP) is 2.27. The summed E-state index contributed by atoms with van der Waals surface area (Å²) in [6, 6.07) is 10.4. The number of imide groups is 1. The second-order valence-corrected chi connectivity index (χ2v) is 5.52. The number of carbonyl (C=O) groups is 3. The summed E-state index contributed by atoms with van der Waals surface area (Å²) in [5.74, 6) is -1.22. The molecule has 0 aliphatic carbocycles. The van der Waals surface area contributed by atoms with E-state index in [-0.39, 0.29) is 0 Å². The Hall–Kier alpha value is -2.93. The average Bonchev–Trinajstić information content (AvgIpc) is 3.13. The smallest absolute Gasteiger partial charge is 0.331 e. The van der Waals surface area contributed by atoms with Crippen LogP contribution in [0.2, 0.25) is 0 Å². The molecule has 0 radical (unpaired) electrons. The van der Waals surface area contributed by atoms with E-state index in [9.17, 15) is 14.4 Å². The fourth-order valence-corrected chi connectivity index (χ4v) is 2.35. The molecule has 0 aliphatic heterocycles. The van der Waals surface area contributed by atoms with Gasteiger partial charge in [0, 0.05) is 6.08 Å². The van der Waals surface area contributed by atoms with Gasteiger partial charge in [0.2, 0.25) is 0 Å². The number of rotatable bonds is 6. The zero-order chi connectivity index (χ0) is 17.4. The number of thiophene rings is 1. The average molecular weight is 345 g/mol. The van der Waals surface area contributed by atoms with Crippen molar-refractivity contribution in [3.63, 3.8) is 0 Å². The SMILES string of the molecule is COc1cccc(/C=C/C(=O)OCC(=O)NC(=O)c2cccs2)c1. The molecule has 1 aromatic carbocycles. The van der Waals surface area contributed by atoms with Crippen molar-refractivity contribution in [2.24, 2.45) is 0 Å². The fraction of sp³-hybridized carbons (Fsp3) is 0.118. The van der Waals surface area contributed by atoms with Gasteiger partial charge in [0.1, 0.15) is 5.75 Å². The fourth-order valence-electron chi connectivity index (χ4n) is 1.73. The second kappa shape index (κ2) is 8.64. The Morgan fingerprint density at radius 2 is 2.04 bits per heavy atom. The van der Waals surface area contributed by atoms with Gasteiger partial charge in [-0.2, -0.15) is 0 Å². The van der Waals surface area contributed by atoms with Gasteiger partial charge < -0.3 is 9.47 Å². The number of carbonyl (C=O) groups excluding carboxylic acids is 3. The number of amides is 2. The van der Waals surface area contributed by atoms with Gasteiger partial charge in [-0.15, -0.1) is 11.3 Å².